The lowest BCUT2D eigenvalue weighted by molar-refractivity contribution is -0.124. The van der Waals surface area contributed by atoms with Crippen molar-refractivity contribution in [3.05, 3.63) is 65.5 Å². The highest BCUT2D eigenvalue weighted by molar-refractivity contribution is 5.98. The molecular weight excluding hydrogens is 361 g/mol. The molecular formula is C21H24FN3O3. The molecule has 3 amide bonds. The summed E-state index contributed by atoms with van der Waals surface area (Å²) < 4.78 is 13.0. The maximum Gasteiger partial charge on any atom is 0.254 e. The van der Waals surface area contributed by atoms with Gasteiger partial charge in [-0.3, -0.25) is 14.4 Å². The average Bonchev–Trinajstić information content (AvgIpc) is 2.64. The van der Waals surface area contributed by atoms with E-state index in [1.54, 1.807) is 19.9 Å². The van der Waals surface area contributed by atoms with Gasteiger partial charge in [-0.25, -0.2) is 4.39 Å². The second kappa shape index (κ2) is 9.64. The second-order valence-electron chi connectivity index (χ2n) is 6.73. The fourth-order valence-electron chi connectivity index (χ4n) is 2.56. The largest absolute Gasteiger partial charge is 0.345 e. The first-order chi connectivity index (χ1) is 13.3. The van der Waals surface area contributed by atoms with Crippen molar-refractivity contribution in [2.75, 3.05) is 18.4 Å². The number of carbonyl (C=O) groups excluding carboxylic acids is 3. The smallest absolute Gasteiger partial charge is 0.254 e. The molecule has 0 saturated heterocycles. The Morgan fingerprint density at radius 1 is 1.04 bits per heavy atom. The zero-order valence-electron chi connectivity index (χ0n) is 16.2. The van der Waals surface area contributed by atoms with Gasteiger partial charge in [0.25, 0.3) is 5.91 Å². The van der Waals surface area contributed by atoms with E-state index in [-0.39, 0.29) is 30.9 Å². The fourth-order valence-corrected chi connectivity index (χ4v) is 2.56. The lowest BCUT2D eigenvalue weighted by Gasteiger charge is -2.26. The molecule has 0 radical (unpaired) electrons. The van der Waals surface area contributed by atoms with E-state index in [4.69, 9.17) is 0 Å². The third kappa shape index (κ3) is 6.19. The molecule has 2 aromatic rings. The van der Waals surface area contributed by atoms with Crippen LogP contribution in [0.15, 0.2) is 48.5 Å². The van der Waals surface area contributed by atoms with Crippen LogP contribution in [0.3, 0.4) is 0 Å². The minimum absolute atomic E-state index is 0.203. The molecule has 0 fully saturated rings. The van der Waals surface area contributed by atoms with Crippen LogP contribution >= 0.6 is 0 Å². The predicted molar refractivity (Wildman–Crippen MR) is 105 cm³/mol. The van der Waals surface area contributed by atoms with E-state index in [1.807, 2.05) is 25.1 Å². The number of amides is 3. The monoisotopic (exact) mass is 385 g/mol. The van der Waals surface area contributed by atoms with Crippen molar-refractivity contribution in [2.24, 2.45) is 0 Å². The Balaban J connectivity index is 1.90. The van der Waals surface area contributed by atoms with Crippen LogP contribution in [-0.4, -0.2) is 41.8 Å². The van der Waals surface area contributed by atoms with Gasteiger partial charge >= 0.3 is 0 Å². The molecule has 0 aromatic heterocycles. The van der Waals surface area contributed by atoms with Crippen LogP contribution < -0.4 is 10.6 Å². The Hall–Kier alpha value is -3.22. The molecule has 0 aliphatic carbocycles. The topological polar surface area (TPSA) is 78.5 Å². The number of halogens is 1. The quantitative estimate of drug-likeness (QED) is 0.769. The molecule has 2 rings (SSSR count). The van der Waals surface area contributed by atoms with Gasteiger partial charge in [-0.05, 0) is 62.7 Å². The normalized spacial score (nSPS) is 10.5. The number of nitrogens with one attached hydrogen (secondary N) is 2. The molecule has 0 spiro atoms. The highest BCUT2D eigenvalue weighted by atomic mass is 19.1. The second-order valence-corrected chi connectivity index (χ2v) is 6.73. The molecule has 0 aliphatic rings. The van der Waals surface area contributed by atoms with Crippen LogP contribution in [0, 0.1) is 12.7 Å². The van der Waals surface area contributed by atoms with Crippen LogP contribution in [0.2, 0.25) is 0 Å². The van der Waals surface area contributed by atoms with Gasteiger partial charge < -0.3 is 15.5 Å². The van der Waals surface area contributed by atoms with E-state index in [0.29, 0.717) is 11.3 Å². The number of anilines is 1. The molecule has 2 aromatic carbocycles. The summed E-state index contributed by atoms with van der Waals surface area (Å²) in [7, 11) is 0. The molecule has 0 bridgehead atoms. The van der Waals surface area contributed by atoms with Crippen LogP contribution in [0.4, 0.5) is 10.1 Å². The average molecular weight is 385 g/mol. The van der Waals surface area contributed by atoms with E-state index >= 15 is 0 Å². The number of carbonyl (C=O) groups is 3. The van der Waals surface area contributed by atoms with Crippen LogP contribution in [-0.2, 0) is 9.59 Å². The summed E-state index contributed by atoms with van der Waals surface area (Å²) >= 11 is 0. The maximum absolute atomic E-state index is 13.0. The lowest BCUT2D eigenvalue weighted by atomic mass is 10.1. The Morgan fingerprint density at radius 2 is 1.71 bits per heavy atom. The summed E-state index contributed by atoms with van der Waals surface area (Å²) in [4.78, 5) is 38.2. The first kappa shape index (κ1) is 21.1. The molecule has 0 atom stereocenters. The summed E-state index contributed by atoms with van der Waals surface area (Å²) in [6, 6.07) is 12.2. The van der Waals surface area contributed by atoms with Crippen LogP contribution in [0.5, 0.6) is 0 Å². The number of rotatable bonds is 7. The molecule has 2 N–H and O–H groups in total. The van der Waals surface area contributed by atoms with Gasteiger partial charge in [-0.15, -0.1) is 0 Å². The van der Waals surface area contributed by atoms with Crippen molar-refractivity contribution < 1.29 is 18.8 Å². The fraction of sp³-hybridized carbons (Fsp3) is 0.286. The predicted octanol–water partition coefficient (Wildman–Crippen LogP) is 2.74. The van der Waals surface area contributed by atoms with Gasteiger partial charge in [0.15, 0.2) is 0 Å². The van der Waals surface area contributed by atoms with Crippen molar-refractivity contribution in [1.29, 1.82) is 0 Å². The number of aryl methyl sites for hydroxylation is 1. The van der Waals surface area contributed by atoms with Gasteiger partial charge in [0.2, 0.25) is 11.8 Å². The number of benzene rings is 2. The minimum Gasteiger partial charge on any atom is -0.345 e. The summed E-state index contributed by atoms with van der Waals surface area (Å²) in [5.74, 6) is -1.64. The molecule has 28 heavy (non-hydrogen) atoms. The van der Waals surface area contributed by atoms with E-state index in [9.17, 15) is 18.8 Å². The van der Waals surface area contributed by atoms with Crippen molar-refractivity contribution in [1.82, 2.24) is 10.2 Å². The zero-order chi connectivity index (χ0) is 20.7. The van der Waals surface area contributed by atoms with Gasteiger partial charge in [0.1, 0.15) is 12.4 Å². The maximum atomic E-state index is 13.0. The Bertz CT molecular complexity index is 850. The van der Waals surface area contributed by atoms with Gasteiger partial charge in [-0.1, -0.05) is 12.1 Å². The third-order valence-corrected chi connectivity index (χ3v) is 4.04. The molecule has 148 valence electrons. The number of hydrogen-bond acceptors (Lipinski definition) is 3. The summed E-state index contributed by atoms with van der Waals surface area (Å²) in [6.45, 7) is 5.06. The van der Waals surface area contributed by atoms with Crippen LogP contribution in [0.1, 0.15) is 29.8 Å². The molecule has 6 nitrogen and oxygen atoms in total. The van der Waals surface area contributed by atoms with Crippen molar-refractivity contribution >= 4 is 23.4 Å². The summed E-state index contributed by atoms with van der Waals surface area (Å²) in [5, 5.41) is 5.21. The van der Waals surface area contributed by atoms with E-state index < -0.39 is 11.7 Å². The molecule has 0 saturated carbocycles. The minimum atomic E-state index is -0.455. The first-order valence-electron chi connectivity index (χ1n) is 8.96. The van der Waals surface area contributed by atoms with Crippen LogP contribution in [0.25, 0.3) is 0 Å². The zero-order valence-corrected chi connectivity index (χ0v) is 16.2. The summed E-state index contributed by atoms with van der Waals surface area (Å²) in [5.41, 5.74) is 1.95. The first-order valence-corrected chi connectivity index (χ1v) is 8.96. The molecule has 0 unspecified atom stereocenters. The third-order valence-electron chi connectivity index (χ3n) is 4.04. The van der Waals surface area contributed by atoms with Gasteiger partial charge in [0, 0.05) is 17.3 Å². The Kier molecular flexibility index (Phi) is 7.26. The number of nitrogens with zero attached hydrogens (tertiary/aromatic N) is 1. The highest BCUT2D eigenvalue weighted by Crippen LogP contribution is 2.10. The highest BCUT2D eigenvalue weighted by Gasteiger charge is 2.21. The van der Waals surface area contributed by atoms with Gasteiger partial charge in [0.05, 0.1) is 6.54 Å². The summed E-state index contributed by atoms with van der Waals surface area (Å²) in [6.07, 6.45) is 0. The van der Waals surface area contributed by atoms with E-state index in [0.717, 1.165) is 5.56 Å². The van der Waals surface area contributed by atoms with E-state index in [1.165, 1.54) is 29.2 Å². The molecule has 0 aliphatic heterocycles. The number of hydrogen-bond donors (Lipinski definition) is 2. The van der Waals surface area contributed by atoms with Crippen molar-refractivity contribution in [2.45, 2.75) is 26.8 Å². The van der Waals surface area contributed by atoms with Gasteiger partial charge in [-0.2, -0.15) is 0 Å². The van der Waals surface area contributed by atoms with Crippen molar-refractivity contribution in [3.63, 3.8) is 0 Å². The molecule has 7 heteroatoms. The molecule has 0 heterocycles. The van der Waals surface area contributed by atoms with E-state index in [2.05, 4.69) is 10.6 Å². The lowest BCUT2D eigenvalue weighted by Crippen LogP contribution is -2.45. The Morgan fingerprint density at radius 3 is 2.32 bits per heavy atom. The Labute approximate surface area is 163 Å². The standard InChI is InChI=1S/C21H24FN3O3/c1-14(2)25(21(28)16-7-9-17(22)10-8-16)13-20(27)23-12-19(26)24-18-6-4-5-15(3)11-18/h4-11,14H,12-13H2,1-3H3,(H,23,27)(H,24,26). The van der Waals surface area contributed by atoms with Crippen molar-refractivity contribution in [3.8, 4) is 0 Å². The SMILES string of the molecule is Cc1cccc(NC(=O)CNC(=O)CN(C(=O)c2ccc(F)cc2)C(C)C)c1.